The van der Waals surface area contributed by atoms with E-state index in [1.54, 1.807) is 6.20 Å². The number of Topliss-reactive ketones (excluding diaryl/α,β-unsaturated/α-hetero) is 1. The second-order valence-corrected chi connectivity index (χ2v) is 2.70. The van der Waals surface area contributed by atoms with Crippen LogP contribution in [0.1, 0.15) is 12.8 Å². The van der Waals surface area contributed by atoms with E-state index in [0.717, 1.165) is 5.57 Å². The number of carbonyl (C=O) groups excluding carboxylic acids is 1. The third-order valence-corrected chi connectivity index (χ3v) is 1.88. The second-order valence-electron chi connectivity index (χ2n) is 2.70. The molecular formula is C9H9NO2. The highest BCUT2D eigenvalue weighted by Gasteiger charge is 2.18. The summed E-state index contributed by atoms with van der Waals surface area (Å²) in [5.74, 6) is 0.803. The summed E-state index contributed by atoms with van der Waals surface area (Å²) in [5, 5.41) is 0. The number of hydrogen-bond donors (Lipinski definition) is 1. The van der Waals surface area contributed by atoms with Crippen molar-refractivity contribution in [2.45, 2.75) is 12.8 Å². The quantitative estimate of drug-likeness (QED) is 0.583. The average Bonchev–Trinajstić information content (AvgIpc) is 2.30. The highest BCUT2D eigenvalue weighted by Crippen LogP contribution is 2.20. The largest absolute Gasteiger partial charge is 0.382 e. The van der Waals surface area contributed by atoms with Crippen LogP contribution in [0, 0.1) is 0 Å². The maximum atomic E-state index is 11.3. The van der Waals surface area contributed by atoms with Gasteiger partial charge in [0, 0.05) is 18.2 Å². The van der Waals surface area contributed by atoms with E-state index in [2.05, 4.69) is 5.48 Å². The Morgan fingerprint density at radius 1 is 1.33 bits per heavy atom. The van der Waals surface area contributed by atoms with Crippen LogP contribution < -0.4 is 5.48 Å². The van der Waals surface area contributed by atoms with E-state index in [1.165, 1.54) is 0 Å². The Balaban J connectivity index is 2.35. The number of rotatable bonds is 0. The normalized spacial score (nSPS) is 21.2. The van der Waals surface area contributed by atoms with E-state index >= 15 is 0 Å². The van der Waals surface area contributed by atoms with Gasteiger partial charge in [0.15, 0.2) is 11.5 Å². The second kappa shape index (κ2) is 2.85. The lowest BCUT2D eigenvalue weighted by molar-refractivity contribution is -0.115. The van der Waals surface area contributed by atoms with Gasteiger partial charge in [0.2, 0.25) is 0 Å². The van der Waals surface area contributed by atoms with Crippen LogP contribution in [0.3, 0.4) is 0 Å². The van der Waals surface area contributed by atoms with Gasteiger partial charge in [0.05, 0.1) is 0 Å². The summed E-state index contributed by atoms with van der Waals surface area (Å²) in [7, 11) is 0. The third kappa shape index (κ3) is 1.13. The maximum Gasteiger partial charge on any atom is 0.166 e. The van der Waals surface area contributed by atoms with Crippen molar-refractivity contribution in [2.24, 2.45) is 0 Å². The fourth-order valence-corrected chi connectivity index (χ4v) is 1.27. The molecule has 62 valence electrons. The molecule has 1 aliphatic heterocycles. The Hall–Kier alpha value is -1.51. The number of allylic oxidation sites excluding steroid dienone is 4. The molecule has 2 rings (SSSR count). The lowest BCUT2D eigenvalue weighted by Crippen LogP contribution is -2.11. The molecule has 0 radical (unpaired) electrons. The SMILES string of the molecule is O=C1CC=CC2=C1CC=CNO2. The first-order valence-electron chi connectivity index (χ1n) is 3.88. The zero-order valence-corrected chi connectivity index (χ0v) is 6.54. The van der Waals surface area contributed by atoms with Crippen LogP contribution in [0.4, 0.5) is 0 Å². The first-order chi connectivity index (χ1) is 5.88. The monoisotopic (exact) mass is 163 g/mol. The summed E-state index contributed by atoms with van der Waals surface area (Å²) in [6.45, 7) is 0. The minimum atomic E-state index is 0.154. The topological polar surface area (TPSA) is 38.3 Å². The molecule has 0 atom stereocenters. The van der Waals surface area contributed by atoms with Crippen molar-refractivity contribution in [1.29, 1.82) is 0 Å². The molecule has 0 saturated carbocycles. The van der Waals surface area contributed by atoms with Gasteiger partial charge in [0.25, 0.3) is 0 Å². The minimum Gasteiger partial charge on any atom is -0.382 e. The molecule has 0 aromatic rings. The Morgan fingerprint density at radius 2 is 2.25 bits per heavy atom. The number of nitrogens with one attached hydrogen (secondary N) is 1. The summed E-state index contributed by atoms with van der Waals surface area (Å²) >= 11 is 0. The summed E-state index contributed by atoms with van der Waals surface area (Å²) in [5.41, 5.74) is 3.39. The zero-order chi connectivity index (χ0) is 8.39. The Kier molecular flexibility index (Phi) is 1.70. The minimum absolute atomic E-state index is 0.154. The van der Waals surface area contributed by atoms with Crippen molar-refractivity contribution in [3.63, 3.8) is 0 Å². The molecule has 1 N–H and O–H groups in total. The van der Waals surface area contributed by atoms with Crippen molar-refractivity contribution < 1.29 is 9.63 Å². The number of hydroxylamine groups is 1. The molecule has 0 bridgehead atoms. The lowest BCUT2D eigenvalue weighted by atomic mass is 9.99. The van der Waals surface area contributed by atoms with Gasteiger partial charge in [-0.1, -0.05) is 12.2 Å². The van der Waals surface area contributed by atoms with Crippen LogP contribution in [0.15, 0.2) is 35.8 Å². The molecular weight excluding hydrogens is 154 g/mol. The van der Waals surface area contributed by atoms with E-state index in [9.17, 15) is 4.79 Å². The van der Waals surface area contributed by atoms with Gasteiger partial charge in [0.1, 0.15) is 0 Å². The smallest absolute Gasteiger partial charge is 0.166 e. The predicted molar refractivity (Wildman–Crippen MR) is 43.8 cm³/mol. The molecule has 0 aromatic heterocycles. The van der Waals surface area contributed by atoms with Crippen LogP contribution >= 0.6 is 0 Å². The van der Waals surface area contributed by atoms with Gasteiger partial charge in [-0.15, -0.1) is 0 Å². The molecule has 2 aliphatic rings. The molecule has 0 aromatic carbocycles. The molecule has 1 heterocycles. The summed E-state index contributed by atoms with van der Waals surface area (Å²) in [6, 6.07) is 0. The first-order valence-corrected chi connectivity index (χ1v) is 3.88. The lowest BCUT2D eigenvalue weighted by Gasteiger charge is -2.10. The third-order valence-electron chi connectivity index (χ3n) is 1.88. The van der Waals surface area contributed by atoms with Gasteiger partial charge >= 0.3 is 0 Å². The van der Waals surface area contributed by atoms with Crippen molar-refractivity contribution in [2.75, 3.05) is 0 Å². The predicted octanol–water partition coefficient (Wildman–Crippen LogP) is 1.21. The first kappa shape index (κ1) is 7.16. The number of hydrogen-bond acceptors (Lipinski definition) is 3. The van der Waals surface area contributed by atoms with E-state index in [4.69, 9.17) is 4.84 Å². The number of ketones is 1. The van der Waals surface area contributed by atoms with Gasteiger partial charge < -0.3 is 4.84 Å². The Labute approximate surface area is 70.4 Å². The van der Waals surface area contributed by atoms with Crippen LogP contribution in [-0.2, 0) is 9.63 Å². The standard InChI is InChI=1S/C9H9NO2/c11-8-4-1-5-9-7(8)3-2-6-10-12-9/h1-2,5-6,10H,3-4H2. The fraction of sp³-hybridized carbons (Fsp3) is 0.222. The van der Waals surface area contributed by atoms with Crippen molar-refractivity contribution in [3.8, 4) is 0 Å². The summed E-state index contributed by atoms with van der Waals surface area (Å²) < 4.78 is 0. The molecule has 0 spiro atoms. The molecule has 0 saturated heterocycles. The van der Waals surface area contributed by atoms with Crippen molar-refractivity contribution >= 4 is 5.78 Å². The molecule has 0 unspecified atom stereocenters. The van der Waals surface area contributed by atoms with Crippen LogP contribution in [0.2, 0.25) is 0 Å². The van der Waals surface area contributed by atoms with Crippen LogP contribution in [0.5, 0.6) is 0 Å². The van der Waals surface area contributed by atoms with Gasteiger partial charge in [-0.2, -0.15) is 0 Å². The van der Waals surface area contributed by atoms with Crippen LogP contribution in [0.25, 0.3) is 0 Å². The van der Waals surface area contributed by atoms with Gasteiger partial charge in [-0.25, -0.2) is 5.48 Å². The highest BCUT2D eigenvalue weighted by molar-refractivity contribution is 5.98. The summed E-state index contributed by atoms with van der Waals surface area (Å²) in [4.78, 5) is 16.4. The molecule has 12 heavy (non-hydrogen) atoms. The van der Waals surface area contributed by atoms with Gasteiger partial charge in [-0.05, 0) is 12.5 Å². The average molecular weight is 163 g/mol. The fourth-order valence-electron chi connectivity index (χ4n) is 1.27. The van der Waals surface area contributed by atoms with E-state index in [-0.39, 0.29) is 5.78 Å². The maximum absolute atomic E-state index is 11.3. The molecule has 1 aliphatic carbocycles. The Bertz CT molecular complexity index is 300. The molecule has 3 nitrogen and oxygen atoms in total. The van der Waals surface area contributed by atoms with Gasteiger partial charge in [-0.3, -0.25) is 4.79 Å². The van der Waals surface area contributed by atoms with Crippen LogP contribution in [-0.4, -0.2) is 5.78 Å². The zero-order valence-electron chi connectivity index (χ0n) is 6.54. The molecule has 0 fully saturated rings. The number of carbonyl (C=O) groups is 1. The molecule has 3 heteroatoms. The van der Waals surface area contributed by atoms with Crippen molar-refractivity contribution in [3.05, 3.63) is 35.8 Å². The van der Waals surface area contributed by atoms with Crippen molar-refractivity contribution in [1.82, 2.24) is 5.48 Å². The highest BCUT2D eigenvalue weighted by atomic mass is 16.6. The van der Waals surface area contributed by atoms with E-state index in [0.29, 0.717) is 18.6 Å². The summed E-state index contributed by atoms with van der Waals surface area (Å²) in [6.07, 6.45) is 8.37. The van der Waals surface area contributed by atoms with E-state index in [1.807, 2.05) is 18.2 Å². The van der Waals surface area contributed by atoms with E-state index < -0.39 is 0 Å². The molecule has 0 amide bonds. The Morgan fingerprint density at radius 3 is 3.17 bits per heavy atom.